The minimum Gasteiger partial charge on any atom is -0.378 e. The fourth-order valence-corrected chi connectivity index (χ4v) is 3.86. The molecular weight excluding hydrogens is 386 g/mol. The van der Waals surface area contributed by atoms with Crippen LogP contribution >= 0.6 is 27.3 Å². The number of benzene rings is 1. The van der Waals surface area contributed by atoms with Crippen LogP contribution in [0.5, 0.6) is 0 Å². The summed E-state index contributed by atoms with van der Waals surface area (Å²) in [7, 11) is 0. The van der Waals surface area contributed by atoms with Crippen LogP contribution in [0, 0.1) is 0 Å². The standard InChI is InChI=1S/C18H16BrN3OS/c19-14-5-3-13(4-6-14)16-12-24-18(21-16)15-2-1-7-20-17(15)22-8-10-23-11-9-22/h1-7,12H,8-11H2. The Hall–Kier alpha value is -1.76. The Morgan fingerprint density at radius 1 is 1.08 bits per heavy atom. The third-order valence-corrected chi connectivity index (χ3v) is 5.38. The summed E-state index contributed by atoms with van der Waals surface area (Å²) in [6, 6.07) is 12.3. The topological polar surface area (TPSA) is 38.2 Å². The van der Waals surface area contributed by atoms with E-state index >= 15 is 0 Å². The number of ether oxygens (including phenoxy) is 1. The van der Waals surface area contributed by atoms with Gasteiger partial charge in [0.05, 0.1) is 24.5 Å². The largest absolute Gasteiger partial charge is 0.378 e. The summed E-state index contributed by atoms with van der Waals surface area (Å²) in [6.07, 6.45) is 1.84. The van der Waals surface area contributed by atoms with Crippen LogP contribution < -0.4 is 4.90 Å². The second-order valence-electron chi connectivity index (χ2n) is 5.52. The molecule has 24 heavy (non-hydrogen) atoms. The third-order valence-electron chi connectivity index (χ3n) is 3.97. The molecular formula is C18H16BrN3OS. The van der Waals surface area contributed by atoms with Crippen molar-refractivity contribution < 1.29 is 4.74 Å². The van der Waals surface area contributed by atoms with Crippen molar-refractivity contribution >= 4 is 33.1 Å². The molecule has 1 aromatic carbocycles. The van der Waals surface area contributed by atoms with Gasteiger partial charge in [-0.2, -0.15) is 0 Å². The highest BCUT2D eigenvalue weighted by Crippen LogP contribution is 2.34. The van der Waals surface area contributed by atoms with Gasteiger partial charge < -0.3 is 9.64 Å². The summed E-state index contributed by atoms with van der Waals surface area (Å²) in [6.45, 7) is 3.24. The second-order valence-corrected chi connectivity index (χ2v) is 7.29. The van der Waals surface area contributed by atoms with Crippen molar-refractivity contribution in [3.05, 3.63) is 52.4 Å². The molecule has 0 unspecified atom stereocenters. The molecule has 0 atom stereocenters. The van der Waals surface area contributed by atoms with Gasteiger partial charge in [-0.25, -0.2) is 9.97 Å². The van der Waals surface area contributed by atoms with Gasteiger partial charge in [-0.3, -0.25) is 0 Å². The molecule has 0 amide bonds. The number of morpholine rings is 1. The number of nitrogens with zero attached hydrogens (tertiary/aromatic N) is 3. The molecule has 0 saturated carbocycles. The molecule has 4 nitrogen and oxygen atoms in total. The van der Waals surface area contributed by atoms with E-state index in [1.807, 2.05) is 24.4 Å². The Labute approximate surface area is 153 Å². The molecule has 6 heteroatoms. The van der Waals surface area contributed by atoms with E-state index in [4.69, 9.17) is 9.72 Å². The van der Waals surface area contributed by atoms with Crippen LogP contribution in [-0.2, 0) is 4.74 Å². The molecule has 3 aromatic rings. The quantitative estimate of drug-likeness (QED) is 0.648. The minimum absolute atomic E-state index is 0.748. The summed E-state index contributed by atoms with van der Waals surface area (Å²) in [5.74, 6) is 0.998. The lowest BCUT2D eigenvalue weighted by molar-refractivity contribution is 0.122. The van der Waals surface area contributed by atoms with E-state index in [1.165, 1.54) is 0 Å². The van der Waals surface area contributed by atoms with E-state index in [2.05, 4.69) is 49.4 Å². The molecule has 0 aliphatic carbocycles. The maximum atomic E-state index is 5.45. The van der Waals surface area contributed by atoms with Gasteiger partial charge in [0.2, 0.25) is 0 Å². The van der Waals surface area contributed by atoms with E-state index in [0.717, 1.165) is 58.4 Å². The zero-order chi connectivity index (χ0) is 16.4. The van der Waals surface area contributed by atoms with Gasteiger partial charge in [0.1, 0.15) is 10.8 Å². The molecule has 2 aromatic heterocycles. The average molecular weight is 402 g/mol. The Balaban J connectivity index is 1.68. The minimum atomic E-state index is 0.748. The van der Waals surface area contributed by atoms with Crippen molar-refractivity contribution in [3.63, 3.8) is 0 Å². The molecule has 1 fully saturated rings. The van der Waals surface area contributed by atoms with Crippen molar-refractivity contribution in [1.82, 2.24) is 9.97 Å². The smallest absolute Gasteiger partial charge is 0.139 e. The first-order chi connectivity index (χ1) is 11.8. The zero-order valence-electron chi connectivity index (χ0n) is 13.0. The molecule has 122 valence electrons. The highest BCUT2D eigenvalue weighted by molar-refractivity contribution is 9.10. The zero-order valence-corrected chi connectivity index (χ0v) is 15.4. The van der Waals surface area contributed by atoms with Crippen LogP contribution in [0.1, 0.15) is 0 Å². The Morgan fingerprint density at radius 2 is 1.88 bits per heavy atom. The van der Waals surface area contributed by atoms with Gasteiger partial charge in [-0.15, -0.1) is 11.3 Å². The van der Waals surface area contributed by atoms with Crippen LogP contribution in [0.2, 0.25) is 0 Å². The Bertz CT molecular complexity index is 828. The van der Waals surface area contributed by atoms with Gasteiger partial charge in [0.15, 0.2) is 0 Å². The lowest BCUT2D eigenvalue weighted by Crippen LogP contribution is -2.37. The van der Waals surface area contributed by atoms with E-state index in [9.17, 15) is 0 Å². The van der Waals surface area contributed by atoms with Crippen molar-refractivity contribution in [2.24, 2.45) is 0 Å². The molecule has 1 aliphatic rings. The van der Waals surface area contributed by atoms with Crippen LogP contribution in [0.4, 0.5) is 5.82 Å². The molecule has 0 N–H and O–H groups in total. The predicted molar refractivity (Wildman–Crippen MR) is 102 cm³/mol. The summed E-state index contributed by atoms with van der Waals surface area (Å²) in [5.41, 5.74) is 3.21. The number of halogens is 1. The van der Waals surface area contributed by atoms with Gasteiger partial charge >= 0.3 is 0 Å². The number of anilines is 1. The summed E-state index contributed by atoms with van der Waals surface area (Å²) >= 11 is 5.13. The van der Waals surface area contributed by atoms with E-state index in [0.29, 0.717) is 0 Å². The number of hydrogen-bond acceptors (Lipinski definition) is 5. The number of hydrogen-bond donors (Lipinski definition) is 0. The molecule has 0 radical (unpaired) electrons. The predicted octanol–water partition coefficient (Wildman–Crippen LogP) is 4.47. The van der Waals surface area contributed by atoms with Gasteiger partial charge in [-0.1, -0.05) is 28.1 Å². The number of rotatable bonds is 3. The molecule has 1 saturated heterocycles. The lowest BCUT2D eigenvalue weighted by atomic mass is 10.2. The molecule has 4 rings (SSSR count). The van der Waals surface area contributed by atoms with Crippen molar-refractivity contribution in [2.75, 3.05) is 31.2 Å². The fourth-order valence-electron chi connectivity index (χ4n) is 2.74. The number of thiazole rings is 1. The summed E-state index contributed by atoms with van der Waals surface area (Å²) < 4.78 is 6.52. The number of aromatic nitrogens is 2. The lowest BCUT2D eigenvalue weighted by Gasteiger charge is -2.29. The van der Waals surface area contributed by atoms with Crippen molar-refractivity contribution in [2.45, 2.75) is 0 Å². The van der Waals surface area contributed by atoms with Crippen LogP contribution in [0.25, 0.3) is 21.8 Å². The summed E-state index contributed by atoms with van der Waals surface area (Å²) in [5, 5.41) is 3.11. The third kappa shape index (κ3) is 3.22. The SMILES string of the molecule is Brc1ccc(-c2csc(-c3cccnc3N3CCOCC3)n2)cc1. The first kappa shape index (κ1) is 15.7. The summed E-state index contributed by atoms with van der Waals surface area (Å²) in [4.78, 5) is 11.7. The number of pyridine rings is 1. The molecule has 0 bridgehead atoms. The maximum Gasteiger partial charge on any atom is 0.139 e. The highest BCUT2D eigenvalue weighted by atomic mass is 79.9. The van der Waals surface area contributed by atoms with Crippen molar-refractivity contribution in [1.29, 1.82) is 0 Å². The van der Waals surface area contributed by atoms with Crippen LogP contribution in [-0.4, -0.2) is 36.3 Å². The maximum absolute atomic E-state index is 5.45. The molecule has 0 spiro atoms. The average Bonchev–Trinajstić information content (AvgIpc) is 3.13. The van der Waals surface area contributed by atoms with E-state index in [-0.39, 0.29) is 0 Å². The first-order valence-corrected chi connectivity index (χ1v) is 9.48. The van der Waals surface area contributed by atoms with Crippen LogP contribution in [0.3, 0.4) is 0 Å². The van der Waals surface area contributed by atoms with E-state index < -0.39 is 0 Å². The van der Waals surface area contributed by atoms with E-state index in [1.54, 1.807) is 11.3 Å². The molecule has 1 aliphatic heterocycles. The highest BCUT2D eigenvalue weighted by Gasteiger charge is 2.18. The normalized spacial score (nSPS) is 14.8. The van der Waals surface area contributed by atoms with Gasteiger partial charge in [0.25, 0.3) is 0 Å². The van der Waals surface area contributed by atoms with Crippen LogP contribution in [0.15, 0.2) is 52.4 Å². The fraction of sp³-hybridized carbons (Fsp3) is 0.222. The molecule has 3 heterocycles. The monoisotopic (exact) mass is 401 g/mol. The van der Waals surface area contributed by atoms with Gasteiger partial charge in [-0.05, 0) is 24.3 Å². The Morgan fingerprint density at radius 3 is 2.67 bits per heavy atom. The Kier molecular flexibility index (Phi) is 4.60. The van der Waals surface area contributed by atoms with Crippen molar-refractivity contribution in [3.8, 4) is 21.8 Å². The van der Waals surface area contributed by atoms with Gasteiger partial charge in [0, 0.05) is 34.7 Å². The second kappa shape index (κ2) is 7.01. The first-order valence-electron chi connectivity index (χ1n) is 7.81.